The molecule has 6 unspecified atom stereocenters. The van der Waals surface area contributed by atoms with Gasteiger partial charge in [0, 0.05) is 43.8 Å². The highest BCUT2D eigenvalue weighted by molar-refractivity contribution is 5.99. The number of nitrogens with one attached hydrogen (secondary N) is 13. The maximum atomic E-state index is 14.1. The summed E-state index contributed by atoms with van der Waals surface area (Å²) in [4.78, 5) is 91.1. The molecule has 0 spiro atoms. The van der Waals surface area contributed by atoms with E-state index >= 15 is 0 Å². The molecule has 0 aliphatic carbocycles. The van der Waals surface area contributed by atoms with Gasteiger partial charge in [0.25, 0.3) is 29.5 Å². The van der Waals surface area contributed by atoms with Crippen molar-refractivity contribution >= 4 is 70.9 Å². The summed E-state index contributed by atoms with van der Waals surface area (Å²) < 4.78 is 0. The molecule has 1 aromatic heterocycles. The number of amides is 6. The first-order valence-electron chi connectivity index (χ1n) is 18.6. The maximum absolute atomic E-state index is 14.1. The number of benzene rings is 2. The Balaban J connectivity index is 1.92. The number of primary amides is 1. The van der Waals surface area contributed by atoms with Crippen molar-refractivity contribution in [2.75, 3.05) is 23.9 Å². The van der Waals surface area contributed by atoms with Crippen molar-refractivity contribution in [2.45, 2.75) is 43.5 Å². The van der Waals surface area contributed by atoms with Crippen LogP contribution in [-0.4, -0.2) is 124 Å². The van der Waals surface area contributed by atoms with Crippen LogP contribution in [0.4, 0.5) is 11.6 Å². The van der Waals surface area contributed by atoms with Crippen molar-refractivity contribution in [3.8, 4) is 5.75 Å². The molecule has 3 aromatic rings. The predicted molar refractivity (Wildman–Crippen MR) is 231 cm³/mol. The number of carbonyl (C=O) groups excluding carboxylic acids is 6. The third kappa shape index (κ3) is 15.3. The smallest absolute Gasteiger partial charge is 0.271 e. The van der Waals surface area contributed by atoms with Gasteiger partial charge in [0.05, 0.1) is 6.54 Å². The maximum Gasteiger partial charge on any atom is 0.271 e. The first-order chi connectivity index (χ1) is 30.6. The van der Waals surface area contributed by atoms with Crippen LogP contribution in [0.3, 0.4) is 0 Å². The van der Waals surface area contributed by atoms with Crippen LogP contribution in [0.25, 0.3) is 0 Å². The highest BCUT2D eigenvalue weighted by atomic mass is 16.3. The average molecular weight is 907 g/mol. The summed E-state index contributed by atoms with van der Waals surface area (Å²) in [6.07, 6.45) is -7.39. The monoisotopic (exact) mass is 906 g/mol. The standard InChI is InChI=1S/C35H50N22O8/c1-56(2)17-10-9-16(18(58)13-17)14-57(35-45-11-6-12-46-35)30(65)29(64)47-19(15-7-4-3-5-8-15)25(60)49-22(53-32(39)40)27(62)51-24(55-34(43)44)28(63)50-23(54-33(41)42)26(61)48-21(20(36)59)52-31(37)38/h3-13,19,21-24,30,58,65H,14H2,1-2H3,(H2,36,59)(H,47,64)(H,48,61)(H,49,60)(H,50,63)(H,51,62)(H4,37,38,52)(H4,39,40,53)(H4,41,42,54)(H4,43,44,55). The molecule has 65 heavy (non-hydrogen) atoms. The van der Waals surface area contributed by atoms with Crippen LogP contribution in [0.1, 0.15) is 17.2 Å². The summed E-state index contributed by atoms with van der Waals surface area (Å²) in [5.74, 6) is -11.4. The van der Waals surface area contributed by atoms with Crippen LogP contribution < -0.4 is 86.3 Å². The van der Waals surface area contributed by atoms with Gasteiger partial charge in [0.1, 0.15) is 11.8 Å². The van der Waals surface area contributed by atoms with Gasteiger partial charge in [-0.3, -0.25) is 50.4 Å². The zero-order valence-electron chi connectivity index (χ0n) is 34.5. The van der Waals surface area contributed by atoms with E-state index < -0.39 is 96.2 Å². The summed E-state index contributed by atoms with van der Waals surface area (Å²) >= 11 is 0. The summed E-state index contributed by atoms with van der Waals surface area (Å²) in [5.41, 5.74) is 27.7. The topological polar surface area (TPSA) is 509 Å². The summed E-state index contributed by atoms with van der Waals surface area (Å²) in [6.45, 7) is -0.310. The highest BCUT2D eigenvalue weighted by Crippen LogP contribution is 2.27. The number of aliphatic hydroxyl groups excluding tert-OH is 1. The van der Waals surface area contributed by atoms with Crippen LogP contribution in [0.15, 0.2) is 67.0 Å². The molecule has 30 heteroatoms. The second-order valence-electron chi connectivity index (χ2n) is 13.5. The number of hydrogen-bond acceptors (Lipinski definition) is 16. The van der Waals surface area contributed by atoms with Gasteiger partial charge in [-0.2, -0.15) is 0 Å². The molecule has 6 atom stereocenters. The van der Waals surface area contributed by atoms with Gasteiger partial charge in [-0.05, 0) is 17.7 Å². The van der Waals surface area contributed by atoms with Crippen LogP contribution >= 0.6 is 0 Å². The number of nitrogens with zero attached hydrogens (tertiary/aromatic N) is 4. The molecule has 0 saturated heterocycles. The molecule has 0 aliphatic heterocycles. The molecule has 6 amide bonds. The number of nitrogens with two attached hydrogens (primary N) is 5. The fraction of sp³-hybridized carbons (Fsp3) is 0.257. The molecular formula is C35H50N22O8. The van der Waals surface area contributed by atoms with Crippen LogP contribution in [0.2, 0.25) is 0 Å². The lowest BCUT2D eigenvalue weighted by Gasteiger charge is -2.30. The summed E-state index contributed by atoms with van der Waals surface area (Å²) in [6, 6.07) is 12.0. The molecule has 348 valence electrons. The lowest BCUT2D eigenvalue weighted by Crippen LogP contribution is -2.68. The summed E-state index contributed by atoms with van der Waals surface area (Å²) in [5, 5.41) is 71.8. The number of phenols is 1. The fourth-order valence-corrected chi connectivity index (χ4v) is 5.36. The van der Waals surface area contributed by atoms with E-state index in [1.54, 1.807) is 37.2 Å². The SMILES string of the molecule is CN(C)c1ccc(CN(c2ncccn2)C(O)C(=O)NC(C(=O)NC(NC(=N)N)C(=O)NC(NC(=N)N)C(=O)NC(NC(=N)N)C(=O)NC(NC(=N)N)C(N)=O)c2ccccc2)c(O)c1. The molecule has 30 nitrogen and oxygen atoms in total. The van der Waals surface area contributed by atoms with E-state index in [0.29, 0.717) is 5.69 Å². The molecule has 0 saturated carbocycles. The van der Waals surface area contributed by atoms with Gasteiger partial charge < -0.3 is 96.5 Å². The lowest BCUT2D eigenvalue weighted by molar-refractivity contribution is -0.136. The van der Waals surface area contributed by atoms with Crippen molar-refractivity contribution in [1.29, 1.82) is 21.6 Å². The molecule has 0 aliphatic rings. The second kappa shape index (κ2) is 23.1. The third-order valence-corrected chi connectivity index (χ3v) is 8.36. The Kier molecular flexibility index (Phi) is 17.8. The van der Waals surface area contributed by atoms with E-state index in [1.807, 2.05) is 16.0 Å². The Hall–Kier alpha value is -9.22. The third-order valence-electron chi connectivity index (χ3n) is 8.36. The zero-order chi connectivity index (χ0) is 48.5. The molecule has 0 bridgehead atoms. The molecule has 25 N–H and O–H groups in total. The van der Waals surface area contributed by atoms with Gasteiger partial charge in [0.15, 0.2) is 48.5 Å². The van der Waals surface area contributed by atoms with Gasteiger partial charge in [-0.25, -0.2) is 9.97 Å². The minimum Gasteiger partial charge on any atom is -0.508 e. The van der Waals surface area contributed by atoms with Gasteiger partial charge in [0.2, 0.25) is 18.1 Å². The predicted octanol–water partition coefficient (Wildman–Crippen LogP) is -7.38. The minimum atomic E-state index is -2.12. The average Bonchev–Trinajstić information content (AvgIpc) is 3.23. The number of anilines is 2. The van der Waals surface area contributed by atoms with Crippen molar-refractivity contribution in [1.82, 2.24) is 57.8 Å². The van der Waals surface area contributed by atoms with Crippen molar-refractivity contribution in [3.63, 3.8) is 0 Å². The molecular weight excluding hydrogens is 857 g/mol. The van der Waals surface area contributed by atoms with E-state index in [2.05, 4.69) is 41.9 Å². The second-order valence-corrected chi connectivity index (χ2v) is 13.5. The Morgan fingerprint density at radius 3 is 1.48 bits per heavy atom. The number of carbonyl (C=O) groups is 6. The van der Waals surface area contributed by atoms with Crippen molar-refractivity contribution in [2.24, 2.45) is 28.7 Å². The van der Waals surface area contributed by atoms with Gasteiger partial charge >= 0.3 is 0 Å². The van der Waals surface area contributed by atoms with E-state index in [9.17, 15) is 39.0 Å². The fourth-order valence-electron chi connectivity index (χ4n) is 5.36. The van der Waals surface area contributed by atoms with E-state index in [4.69, 9.17) is 50.3 Å². The van der Waals surface area contributed by atoms with Crippen molar-refractivity contribution < 1.29 is 39.0 Å². The Bertz CT molecular complexity index is 2250. The molecule has 0 radical (unpaired) electrons. The number of aromatic hydroxyl groups is 1. The van der Waals surface area contributed by atoms with Gasteiger partial charge in [-0.1, -0.05) is 36.4 Å². The minimum absolute atomic E-state index is 0.113. The van der Waals surface area contributed by atoms with E-state index in [-0.39, 0.29) is 29.4 Å². The Morgan fingerprint density at radius 2 is 1.05 bits per heavy atom. The molecule has 0 fully saturated rings. The van der Waals surface area contributed by atoms with Gasteiger partial charge in [-0.15, -0.1) is 0 Å². The number of rotatable bonds is 21. The first kappa shape index (κ1) is 50.1. The number of guanidine groups is 4. The molecule has 2 aromatic carbocycles. The highest BCUT2D eigenvalue weighted by Gasteiger charge is 2.35. The number of aliphatic hydroxyl groups is 1. The molecule has 3 rings (SSSR count). The lowest BCUT2D eigenvalue weighted by atomic mass is 10.1. The molecule has 1 heterocycles. The normalized spacial score (nSPS) is 13.2. The largest absolute Gasteiger partial charge is 0.508 e. The number of phenolic OH excluding ortho intramolecular Hbond substituents is 1. The van der Waals surface area contributed by atoms with Crippen LogP contribution in [0.5, 0.6) is 5.75 Å². The zero-order valence-corrected chi connectivity index (χ0v) is 34.5. The first-order valence-corrected chi connectivity index (χ1v) is 18.6. The van der Waals surface area contributed by atoms with Crippen LogP contribution in [-0.2, 0) is 35.3 Å². The number of hydrogen-bond donors (Lipinski definition) is 20. The van der Waals surface area contributed by atoms with E-state index in [0.717, 1.165) is 4.90 Å². The Morgan fingerprint density at radius 1 is 0.600 bits per heavy atom. The Labute approximate surface area is 368 Å². The van der Waals surface area contributed by atoms with Crippen LogP contribution in [0, 0.1) is 21.6 Å². The summed E-state index contributed by atoms with van der Waals surface area (Å²) in [7, 11) is 3.53. The van der Waals surface area contributed by atoms with E-state index in [1.165, 1.54) is 48.8 Å². The number of aromatic nitrogens is 2. The quantitative estimate of drug-likeness (QED) is 0.0268. The van der Waals surface area contributed by atoms with Crippen molar-refractivity contribution in [3.05, 3.63) is 78.1 Å².